The summed E-state index contributed by atoms with van der Waals surface area (Å²) in [4.78, 5) is 57.6. The van der Waals surface area contributed by atoms with Crippen LogP contribution in [0.2, 0.25) is 0 Å². The number of esters is 1. The number of ether oxygens (including phenoxy) is 6. The Bertz CT molecular complexity index is 2660. The van der Waals surface area contributed by atoms with Gasteiger partial charge in [-0.15, -0.1) is 11.3 Å². The summed E-state index contributed by atoms with van der Waals surface area (Å²) in [7, 11) is 1.74. The van der Waals surface area contributed by atoms with Crippen LogP contribution in [-0.2, 0) is 55.8 Å². The van der Waals surface area contributed by atoms with Gasteiger partial charge in [0.2, 0.25) is 11.8 Å². The van der Waals surface area contributed by atoms with Crippen molar-refractivity contribution in [3.05, 3.63) is 57.7 Å². The van der Waals surface area contributed by atoms with Crippen molar-refractivity contribution in [3.63, 3.8) is 0 Å². The zero-order valence-corrected chi connectivity index (χ0v) is 44.0. The van der Waals surface area contributed by atoms with Crippen LogP contribution in [0.3, 0.4) is 0 Å². The molecule has 6 fully saturated rings. The highest BCUT2D eigenvalue weighted by molar-refractivity contribution is 7.10. The Morgan fingerprint density at radius 1 is 1.04 bits per heavy atom. The molecule has 4 N–H and O–H groups in total. The Morgan fingerprint density at radius 2 is 1.84 bits per heavy atom. The number of aromatic nitrogens is 3. The van der Waals surface area contributed by atoms with Crippen LogP contribution < -0.4 is 16.4 Å². The average Bonchev–Trinajstić information content (AvgIpc) is 3.97. The van der Waals surface area contributed by atoms with Crippen molar-refractivity contribution in [2.45, 2.75) is 128 Å². The van der Waals surface area contributed by atoms with Crippen LogP contribution in [0.25, 0.3) is 33.4 Å². The van der Waals surface area contributed by atoms with Gasteiger partial charge in [0.1, 0.15) is 23.2 Å². The first-order valence-electron chi connectivity index (χ1n) is 26.8. The van der Waals surface area contributed by atoms with E-state index in [1.807, 2.05) is 6.92 Å². The van der Waals surface area contributed by atoms with Gasteiger partial charge in [-0.2, -0.15) is 0 Å². The summed E-state index contributed by atoms with van der Waals surface area (Å²) in [6, 6.07) is 7.22. The van der Waals surface area contributed by atoms with Gasteiger partial charge in [0.05, 0.1) is 68.4 Å². The molecular formula is C55H74N8O9S. The highest BCUT2D eigenvalue weighted by Gasteiger charge is 2.54. The molecule has 11 rings (SSSR count). The molecule has 3 aromatic heterocycles. The fraction of sp³-hybridized carbons (Fsp3) is 0.655. The zero-order valence-electron chi connectivity index (χ0n) is 43.2. The maximum absolute atomic E-state index is 14.5. The number of carbonyl (C=O) groups is 3. The van der Waals surface area contributed by atoms with E-state index in [0.29, 0.717) is 90.5 Å². The number of hydrogen-bond acceptors (Lipinski definition) is 15. The normalized spacial score (nSPS) is 27.8. The van der Waals surface area contributed by atoms with Crippen molar-refractivity contribution in [1.82, 2.24) is 35.0 Å². The third kappa shape index (κ3) is 10.5. The van der Waals surface area contributed by atoms with Crippen LogP contribution in [0.15, 0.2) is 35.8 Å². The lowest BCUT2D eigenvalue weighted by atomic mass is 9.76. The summed E-state index contributed by atoms with van der Waals surface area (Å²) < 4.78 is 38.3. The molecule has 6 aliphatic heterocycles. The number of thiazole rings is 1. The monoisotopic (exact) mass is 1020 g/mol. The third-order valence-electron chi connectivity index (χ3n) is 16.5. The Kier molecular flexibility index (Phi) is 14.6. The number of rotatable bonds is 12. The molecule has 2 amide bonds. The summed E-state index contributed by atoms with van der Waals surface area (Å²) in [6.45, 7) is 16.5. The van der Waals surface area contributed by atoms with E-state index in [2.05, 4.69) is 81.6 Å². The second-order valence-corrected chi connectivity index (χ2v) is 23.9. The van der Waals surface area contributed by atoms with Gasteiger partial charge < -0.3 is 49.4 Å². The van der Waals surface area contributed by atoms with E-state index in [1.54, 1.807) is 7.11 Å². The van der Waals surface area contributed by atoms with Gasteiger partial charge in [-0.05, 0) is 81.2 Å². The summed E-state index contributed by atoms with van der Waals surface area (Å²) in [6.07, 6.45) is 6.81. The minimum Gasteiger partial charge on any atom is -0.464 e. The highest BCUT2D eigenvalue weighted by Crippen LogP contribution is 2.47. The van der Waals surface area contributed by atoms with Gasteiger partial charge in [-0.1, -0.05) is 26.8 Å². The molecule has 4 bridgehead atoms. The molecule has 17 nitrogen and oxygen atoms in total. The number of amides is 2. The lowest BCUT2D eigenvalue weighted by molar-refractivity contribution is -0.202. The van der Waals surface area contributed by atoms with Gasteiger partial charge in [-0.25, -0.2) is 4.98 Å². The number of nitrogens with zero attached hydrogens (tertiary/aromatic N) is 5. The first kappa shape index (κ1) is 50.8. The standard InChI is InChI=1S/C55H74N8O9S/c1-32-25-71-49(32)51(65)60-46-48(62-27-55(28-62)30-69-31-55)52-59-43(26-73-52)34-8-11-44-39(19-34)41(21-54(3,4)29-72-53(66)42(56)7-6-14-57-50(46)64)47(63(44)15-18-70-38-12-16-68-17-13-38)40-20-35(22-58-45(40)33(2)67-5)36-23-61(24-36)37-9-10-37/h8,11,19-20,22,26,32-33,36-38,42,46,48-49H,6-7,9-10,12-18,21,23-25,27-31,56H2,1-5H3,(H,57,64)(H,60,65)/t32-,33-,42-,46-,48-,49+/m0/s1. The Balaban J connectivity index is 1.05. The Labute approximate surface area is 432 Å². The molecule has 9 heterocycles. The van der Waals surface area contributed by atoms with Crippen LogP contribution >= 0.6 is 11.3 Å². The maximum atomic E-state index is 14.5. The molecule has 73 heavy (non-hydrogen) atoms. The van der Waals surface area contributed by atoms with E-state index in [4.69, 9.17) is 44.1 Å². The molecule has 18 heteroatoms. The van der Waals surface area contributed by atoms with Crippen LogP contribution in [0, 0.1) is 16.7 Å². The fourth-order valence-electron chi connectivity index (χ4n) is 11.8. The summed E-state index contributed by atoms with van der Waals surface area (Å²) in [5, 5.41) is 10.1. The van der Waals surface area contributed by atoms with Crippen LogP contribution in [-0.4, -0.2) is 159 Å². The summed E-state index contributed by atoms with van der Waals surface area (Å²) in [5.41, 5.74) is 14.0. The van der Waals surface area contributed by atoms with Crippen LogP contribution in [0.4, 0.5) is 0 Å². The highest BCUT2D eigenvalue weighted by atomic mass is 32.1. The fourth-order valence-corrected chi connectivity index (χ4v) is 12.8. The minimum absolute atomic E-state index is 0.0193. The van der Waals surface area contributed by atoms with Crippen molar-refractivity contribution in [3.8, 4) is 22.5 Å². The maximum Gasteiger partial charge on any atom is 0.322 e. The van der Waals surface area contributed by atoms with E-state index >= 15 is 0 Å². The molecule has 1 aromatic carbocycles. The topological polar surface area (TPSA) is 194 Å². The molecular weight excluding hydrogens is 949 g/mol. The second-order valence-electron chi connectivity index (χ2n) is 23.0. The van der Waals surface area contributed by atoms with Gasteiger partial charge in [0.25, 0.3) is 0 Å². The summed E-state index contributed by atoms with van der Waals surface area (Å²) in [5.74, 6) is -0.734. The number of nitrogens with one attached hydrogen (secondary N) is 2. The molecule has 394 valence electrons. The number of cyclic esters (lactones) is 1. The zero-order chi connectivity index (χ0) is 50.6. The third-order valence-corrected chi connectivity index (χ3v) is 17.4. The minimum atomic E-state index is -0.980. The lowest BCUT2D eigenvalue weighted by Gasteiger charge is -2.57. The smallest absolute Gasteiger partial charge is 0.322 e. The Morgan fingerprint density at radius 3 is 2.53 bits per heavy atom. The van der Waals surface area contributed by atoms with Gasteiger partial charge in [0, 0.05) is 122 Å². The van der Waals surface area contributed by atoms with E-state index < -0.39 is 35.6 Å². The molecule has 7 aliphatic rings. The quantitative estimate of drug-likeness (QED) is 0.150. The number of nitrogens with two attached hydrogens (primary N) is 1. The van der Waals surface area contributed by atoms with Crippen molar-refractivity contribution >= 4 is 40.0 Å². The number of pyridine rings is 1. The SMILES string of the molecule is CO[C@@H](C)c1ncc(C2CN(C3CC3)C2)cc1-c1c2c3cc(ccc3n1CCOC1CCOCC1)-c1csc(n1)[C@@H](N1CC3(COC3)C1)[C@H](NC(=O)[C@@H]1OC[C@@H]1C)C(=O)NCCC[C@H](N)C(=O)OCC(C)(C)C2. The van der Waals surface area contributed by atoms with E-state index in [1.165, 1.54) is 29.7 Å². The molecule has 6 atom stereocenters. The van der Waals surface area contributed by atoms with Crippen molar-refractivity contribution in [1.29, 1.82) is 0 Å². The van der Waals surface area contributed by atoms with E-state index in [0.717, 1.165) is 75.6 Å². The first-order chi connectivity index (χ1) is 35.3. The number of hydrogen-bond donors (Lipinski definition) is 3. The lowest BCUT2D eigenvalue weighted by Crippen LogP contribution is -2.69. The van der Waals surface area contributed by atoms with E-state index in [-0.39, 0.29) is 48.5 Å². The molecule has 1 spiro atoms. The number of benzene rings is 1. The van der Waals surface area contributed by atoms with Crippen LogP contribution in [0.5, 0.6) is 0 Å². The van der Waals surface area contributed by atoms with Gasteiger partial charge in [0.15, 0.2) is 0 Å². The predicted molar refractivity (Wildman–Crippen MR) is 276 cm³/mol. The summed E-state index contributed by atoms with van der Waals surface area (Å²) >= 11 is 1.50. The first-order valence-corrected chi connectivity index (χ1v) is 27.7. The average molecular weight is 1020 g/mol. The predicted octanol–water partition coefficient (Wildman–Crippen LogP) is 5.53. The van der Waals surface area contributed by atoms with Gasteiger partial charge >= 0.3 is 5.97 Å². The van der Waals surface area contributed by atoms with Crippen molar-refractivity contribution in [2.75, 3.05) is 86.1 Å². The molecule has 4 aromatic rings. The molecule has 1 saturated carbocycles. The van der Waals surface area contributed by atoms with Crippen molar-refractivity contribution in [2.24, 2.45) is 22.5 Å². The van der Waals surface area contributed by atoms with E-state index in [9.17, 15) is 14.4 Å². The van der Waals surface area contributed by atoms with Gasteiger partial charge in [-0.3, -0.25) is 29.2 Å². The number of methoxy groups -OCH3 is 1. The molecule has 0 unspecified atom stereocenters. The number of carbonyl (C=O) groups excluding carboxylic acids is 3. The van der Waals surface area contributed by atoms with Crippen LogP contribution in [0.1, 0.15) is 106 Å². The molecule has 1 aliphatic carbocycles. The number of likely N-dealkylation sites (tertiary alicyclic amines) is 2. The second kappa shape index (κ2) is 21.0. The number of fused-ring (bicyclic) bond motifs is 4. The molecule has 0 radical (unpaired) electrons. The molecule has 5 saturated heterocycles. The Hall–Kier alpha value is -4.37. The van der Waals surface area contributed by atoms with Crippen molar-refractivity contribution < 1.29 is 42.8 Å². The largest absolute Gasteiger partial charge is 0.464 e.